The largest absolute Gasteiger partial charge is 0.328 e. The number of sulfonamides is 1. The molecule has 3 aromatic rings. The maximum Gasteiger partial charge on any atom is 0.328 e. The number of anilines is 1. The fourth-order valence-corrected chi connectivity index (χ4v) is 4.51. The first kappa shape index (κ1) is 20.0. The first-order valence-electron chi connectivity index (χ1n) is 9.40. The van der Waals surface area contributed by atoms with Gasteiger partial charge in [-0.25, -0.2) is 17.9 Å². The van der Waals surface area contributed by atoms with Crippen LogP contribution < -0.4 is 20.9 Å². The molecule has 0 radical (unpaired) electrons. The number of aromatic amines is 1. The summed E-state index contributed by atoms with van der Waals surface area (Å²) in [6.07, 6.45) is 0.613. The Morgan fingerprint density at radius 2 is 1.93 bits per heavy atom. The number of carbonyl (C=O) groups is 1. The van der Waals surface area contributed by atoms with Gasteiger partial charge in [0.1, 0.15) is 0 Å². The van der Waals surface area contributed by atoms with Crippen LogP contribution in [0.25, 0.3) is 10.9 Å². The van der Waals surface area contributed by atoms with Gasteiger partial charge in [-0.2, -0.15) is 0 Å². The van der Waals surface area contributed by atoms with Crippen LogP contribution >= 0.6 is 0 Å². The molecule has 1 aromatic heterocycles. The Bertz CT molecular complexity index is 1370. The van der Waals surface area contributed by atoms with Crippen LogP contribution in [-0.2, 0) is 27.8 Å². The zero-order chi connectivity index (χ0) is 21.5. The average Bonchev–Trinajstić information content (AvgIpc) is 3.17. The molecule has 0 bridgehead atoms. The minimum atomic E-state index is -3.55. The van der Waals surface area contributed by atoms with E-state index in [4.69, 9.17) is 0 Å². The van der Waals surface area contributed by atoms with Crippen LogP contribution in [0.3, 0.4) is 0 Å². The third-order valence-corrected chi connectivity index (χ3v) is 6.69. The van der Waals surface area contributed by atoms with Gasteiger partial charge in [-0.05, 0) is 49.4 Å². The molecular formula is C20H20N4O5S. The number of nitrogens with one attached hydrogen (secondary N) is 2. The number of H-pyrrole nitrogens is 1. The van der Waals surface area contributed by atoms with Crippen LogP contribution in [0.4, 0.5) is 5.69 Å². The Hall–Kier alpha value is -3.24. The molecule has 0 aliphatic carbocycles. The zero-order valence-electron chi connectivity index (χ0n) is 16.2. The lowest BCUT2D eigenvalue weighted by Crippen LogP contribution is -2.34. The van der Waals surface area contributed by atoms with E-state index in [0.29, 0.717) is 29.6 Å². The molecule has 156 valence electrons. The highest BCUT2D eigenvalue weighted by atomic mass is 32.2. The Kier molecular flexibility index (Phi) is 5.04. The van der Waals surface area contributed by atoms with Gasteiger partial charge < -0.3 is 4.90 Å². The van der Waals surface area contributed by atoms with Crippen LogP contribution in [-0.4, -0.2) is 37.5 Å². The number of fused-ring (bicyclic) bond motifs is 2. The Morgan fingerprint density at radius 1 is 1.17 bits per heavy atom. The number of aryl methyl sites for hydroxylation is 1. The van der Waals surface area contributed by atoms with Crippen LogP contribution in [0.15, 0.2) is 56.9 Å². The van der Waals surface area contributed by atoms with Crippen molar-refractivity contribution in [1.29, 1.82) is 0 Å². The summed E-state index contributed by atoms with van der Waals surface area (Å²) < 4.78 is 27.6. The number of carbonyl (C=O) groups excluding carboxylic acids is 1. The van der Waals surface area contributed by atoms with Gasteiger partial charge in [0.2, 0.25) is 15.9 Å². The van der Waals surface area contributed by atoms with Crippen molar-refractivity contribution in [3.05, 3.63) is 68.9 Å². The lowest BCUT2D eigenvalue weighted by atomic mass is 10.2. The molecule has 2 N–H and O–H groups in total. The van der Waals surface area contributed by atoms with Crippen LogP contribution in [0.2, 0.25) is 0 Å². The predicted molar refractivity (Wildman–Crippen MR) is 112 cm³/mol. The van der Waals surface area contributed by atoms with Crippen LogP contribution in [0, 0.1) is 0 Å². The number of hydrogen-bond acceptors (Lipinski definition) is 5. The van der Waals surface area contributed by atoms with Crippen LogP contribution in [0.1, 0.15) is 12.0 Å². The number of para-hydroxylation sites is 1. The number of benzene rings is 2. The fourth-order valence-electron chi connectivity index (χ4n) is 3.73. The Labute approximate surface area is 172 Å². The highest BCUT2D eigenvalue weighted by Crippen LogP contribution is 2.30. The minimum Gasteiger partial charge on any atom is -0.312 e. The maximum absolute atomic E-state index is 12.8. The van der Waals surface area contributed by atoms with E-state index >= 15 is 0 Å². The van der Waals surface area contributed by atoms with Crippen molar-refractivity contribution in [3.8, 4) is 0 Å². The van der Waals surface area contributed by atoms with E-state index in [0.717, 1.165) is 5.56 Å². The highest BCUT2D eigenvalue weighted by Gasteiger charge is 2.26. The standard InChI is InChI=1S/C20H20N4O5S/c1-21-30(28,29)14-6-7-16-13(12-14)8-10-23(16)18(25)9-11-24-17-5-3-2-4-15(17)19(26)22-20(24)27/h2-7,12,21H,8-11H2,1H3,(H,22,26,27). The summed E-state index contributed by atoms with van der Waals surface area (Å²) in [5, 5.41) is 0.384. The molecule has 9 nitrogen and oxygen atoms in total. The van der Waals surface area contributed by atoms with E-state index in [2.05, 4.69) is 9.71 Å². The van der Waals surface area contributed by atoms with Crippen molar-refractivity contribution in [2.45, 2.75) is 24.3 Å². The first-order chi connectivity index (χ1) is 14.3. The van der Waals surface area contributed by atoms with Gasteiger partial charge >= 0.3 is 5.69 Å². The van der Waals surface area contributed by atoms with Crippen molar-refractivity contribution in [3.63, 3.8) is 0 Å². The first-order valence-corrected chi connectivity index (χ1v) is 10.9. The summed E-state index contributed by atoms with van der Waals surface area (Å²) in [5.41, 5.74) is 0.914. The third-order valence-electron chi connectivity index (χ3n) is 5.28. The van der Waals surface area contributed by atoms with E-state index in [1.165, 1.54) is 17.7 Å². The molecule has 0 saturated heterocycles. The van der Waals surface area contributed by atoms with Gasteiger partial charge in [0.05, 0.1) is 15.8 Å². The summed E-state index contributed by atoms with van der Waals surface area (Å²) in [4.78, 5) is 41.1. The molecule has 30 heavy (non-hydrogen) atoms. The molecule has 0 saturated carbocycles. The molecule has 0 atom stereocenters. The molecule has 4 rings (SSSR count). The Morgan fingerprint density at radius 3 is 2.70 bits per heavy atom. The summed E-state index contributed by atoms with van der Waals surface area (Å²) in [7, 11) is -2.21. The molecule has 0 fully saturated rings. The second kappa shape index (κ2) is 7.54. The number of rotatable bonds is 5. The second-order valence-electron chi connectivity index (χ2n) is 6.97. The topological polar surface area (TPSA) is 121 Å². The van der Waals surface area contributed by atoms with E-state index in [-0.39, 0.29) is 23.8 Å². The lowest BCUT2D eigenvalue weighted by molar-refractivity contribution is -0.118. The molecule has 1 aliphatic rings. The molecule has 0 spiro atoms. The monoisotopic (exact) mass is 428 g/mol. The van der Waals surface area contributed by atoms with E-state index < -0.39 is 21.3 Å². The second-order valence-corrected chi connectivity index (χ2v) is 8.86. The predicted octanol–water partition coefficient (Wildman–Crippen LogP) is 0.577. The summed E-state index contributed by atoms with van der Waals surface area (Å²) in [6.45, 7) is 0.561. The molecule has 1 amide bonds. The van der Waals surface area contributed by atoms with Crippen molar-refractivity contribution in [2.24, 2.45) is 0 Å². The number of nitrogens with zero attached hydrogens (tertiary/aromatic N) is 2. The maximum atomic E-state index is 12.8. The quantitative estimate of drug-likeness (QED) is 0.616. The smallest absolute Gasteiger partial charge is 0.312 e. The summed E-state index contributed by atoms with van der Waals surface area (Å²) >= 11 is 0. The minimum absolute atomic E-state index is 0.0615. The van der Waals surface area contributed by atoms with Crippen molar-refractivity contribution < 1.29 is 13.2 Å². The van der Waals surface area contributed by atoms with E-state index in [1.54, 1.807) is 41.3 Å². The van der Waals surface area contributed by atoms with Gasteiger partial charge in [0.25, 0.3) is 5.56 Å². The summed E-state index contributed by atoms with van der Waals surface area (Å²) in [6, 6.07) is 11.4. The number of aromatic nitrogens is 2. The molecule has 0 unspecified atom stereocenters. The van der Waals surface area contributed by atoms with Crippen molar-refractivity contribution in [2.75, 3.05) is 18.5 Å². The Balaban J connectivity index is 1.57. The van der Waals surface area contributed by atoms with Crippen molar-refractivity contribution >= 4 is 32.5 Å². The van der Waals surface area contributed by atoms with Gasteiger partial charge in [-0.15, -0.1) is 0 Å². The lowest BCUT2D eigenvalue weighted by Gasteiger charge is -2.18. The molecular weight excluding hydrogens is 408 g/mol. The molecule has 2 heterocycles. The SMILES string of the molecule is CNS(=O)(=O)c1ccc2c(c1)CCN2C(=O)CCn1c(=O)[nH]c(=O)c2ccccc21. The average molecular weight is 428 g/mol. The highest BCUT2D eigenvalue weighted by molar-refractivity contribution is 7.89. The number of amides is 1. The summed E-state index contributed by atoms with van der Waals surface area (Å²) in [5.74, 6) is -0.180. The third kappa shape index (κ3) is 3.44. The molecule has 2 aromatic carbocycles. The van der Waals surface area contributed by atoms with Gasteiger partial charge in [0.15, 0.2) is 0 Å². The fraction of sp³-hybridized carbons (Fsp3) is 0.250. The van der Waals surface area contributed by atoms with E-state index in [9.17, 15) is 22.8 Å². The number of hydrogen-bond donors (Lipinski definition) is 2. The van der Waals surface area contributed by atoms with Gasteiger partial charge in [0, 0.05) is 25.2 Å². The molecule has 1 aliphatic heterocycles. The van der Waals surface area contributed by atoms with Crippen molar-refractivity contribution in [1.82, 2.24) is 14.3 Å². The zero-order valence-corrected chi connectivity index (χ0v) is 17.0. The normalized spacial score (nSPS) is 13.6. The molecule has 10 heteroatoms. The van der Waals surface area contributed by atoms with E-state index in [1.807, 2.05) is 0 Å². The van der Waals surface area contributed by atoms with Gasteiger partial charge in [-0.1, -0.05) is 12.1 Å². The van der Waals surface area contributed by atoms with Crippen LogP contribution in [0.5, 0.6) is 0 Å². The van der Waals surface area contributed by atoms with Gasteiger partial charge in [-0.3, -0.25) is 19.1 Å².